The monoisotopic (exact) mass is 409 g/mol. The summed E-state index contributed by atoms with van der Waals surface area (Å²) in [5.41, 5.74) is 10.8. The van der Waals surface area contributed by atoms with E-state index in [4.69, 9.17) is 5.73 Å². The Bertz CT molecular complexity index is 1030. The summed E-state index contributed by atoms with van der Waals surface area (Å²) < 4.78 is 0. The minimum Gasteiger partial charge on any atom is -0.393 e. The molecule has 4 aromatic rings. The molecule has 0 unspecified atom stereocenters. The summed E-state index contributed by atoms with van der Waals surface area (Å²) in [5.74, 6) is 1.41. The molecule has 31 heavy (non-hydrogen) atoms. The van der Waals surface area contributed by atoms with Crippen LogP contribution in [0.1, 0.15) is 16.7 Å². The second-order valence-electron chi connectivity index (χ2n) is 7.45. The molecule has 5 nitrogen and oxygen atoms in total. The molecule has 4 rings (SSSR count). The van der Waals surface area contributed by atoms with Gasteiger partial charge in [-0.3, -0.25) is 0 Å². The average Bonchev–Trinajstić information content (AvgIpc) is 2.82. The van der Waals surface area contributed by atoms with Crippen LogP contribution < -0.4 is 16.0 Å². The molecule has 0 bridgehead atoms. The molecule has 1 heterocycles. The highest BCUT2D eigenvalue weighted by Gasteiger charge is 2.16. The Hall–Kier alpha value is -3.86. The second kappa shape index (κ2) is 10.3. The standard InChI is InChI=1S/C26H27N5/c27-24-25(28-17-16-21-10-4-1-5-11-21)29-20-30-26(24)31(18-22-12-6-2-7-13-22)19-23-14-8-3-9-15-23/h1-15,20H,16-19,27H2,(H,28,29,30). The molecule has 3 N–H and O–H groups in total. The predicted molar refractivity (Wildman–Crippen MR) is 128 cm³/mol. The van der Waals surface area contributed by atoms with Crippen LogP contribution in [0, 0.1) is 0 Å². The van der Waals surface area contributed by atoms with Crippen molar-refractivity contribution in [2.75, 3.05) is 22.5 Å². The van der Waals surface area contributed by atoms with Gasteiger partial charge in [-0.15, -0.1) is 0 Å². The first kappa shape index (κ1) is 20.4. The van der Waals surface area contributed by atoms with Gasteiger partial charge in [0.2, 0.25) is 0 Å². The van der Waals surface area contributed by atoms with Crippen molar-refractivity contribution in [1.82, 2.24) is 9.97 Å². The molecule has 0 saturated heterocycles. The van der Waals surface area contributed by atoms with Crippen LogP contribution in [0.25, 0.3) is 0 Å². The fourth-order valence-corrected chi connectivity index (χ4v) is 3.56. The van der Waals surface area contributed by atoms with Gasteiger partial charge in [-0.25, -0.2) is 9.97 Å². The summed E-state index contributed by atoms with van der Waals surface area (Å²) in [6, 6.07) is 31.1. The van der Waals surface area contributed by atoms with Crippen molar-refractivity contribution in [3.8, 4) is 0 Å². The lowest BCUT2D eigenvalue weighted by Crippen LogP contribution is -2.25. The van der Waals surface area contributed by atoms with Crippen molar-refractivity contribution in [2.45, 2.75) is 19.5 Å². The second-order valence-corrected chi connectivity index (χ2v) is 7.45. The van der Waals surface area contributed by atoms with Crippen LogP contribution in [0.3, 0.4) is 0 Å². The summed E-state index contributed by atoms with van der Waals surface area (Å²) >= 11 is 0. The first-order chi connectivity index (χ1) is 15.3. The molecule has 0 atom stereocenters. The van der Waals surface area contributed by atoms with Crippen molar-refractivity contribution < 1.29 is 0 Å². The SMILES string of the molecule is Nc1c(NCCc2ccccc2)ncnc1N(Cc1ccccc1)Cc1ccccc1. The Morgan fingerprint density at radius 1 is 0.677 bits per heavy atom. The van der Waals surface area contributed by atoms with Crippen molar-refractivity contribution in [1.29, 1.82) is 0 Å². The maximum Gasteiger partial charge on any atom is 0.158 e. The summed E-state index contributed by atoms with van der Waals surface area (Å²) in [4.78, 5) is 11.1. The Morgan fingerprint density at radius 3 is 1.74 bits per heavy atom. The molecule has 0 fully saturated rings. The summed E-state index contributed by atoms with van der Waals surface area (Å²) in [6.45, 7) is 2.17. The molecule has 156 valence electrons. The fourth-order valence-electron chi connectivity index (χ4n) is 3.56. The Kier molecular flexibility index (Phi) is 6.75. The Balaban J connectivity index is 1.54. The van der Waals surface area contributed by atoms with Crippen LogP contribution in [-0.4, -0.2) is 16.5 Å². The molecule has 0 spiro atoms. The van der Waals surface area contributed by atoms with Crippen LogP contribution >= 0.6 is 0 Å². The lowest BCUT2D eigenvalue weighted by atomic mass is 10.1. The molecule has 5 heteroatoms. The maximum absolute atomic E-state index is 6.54. The third-order valence-corrected chi connectivity index (χ3v) is 5.14. The van der Waals surface area contributed by atoms with Crippen LogP contribution in [0.2, 0.25) is 0 Å². The zero-order valence-electron chi connectivity index (χ0n) is 17.5. The first-order valence-electron chi connectivity index (χ1n) is 10.5. The normalized spacial score (nSPS) is 10.6. The molecule has 0 aliphatic heterocycles. The molecule has 0 amide bonds. The molecular formula is C26H27N5. The van der Waals surface area contributed by atoms with E-state index in [1.165, 1.54) is 16.7 Å². The molecule has 0 radical (unpaired) electrons. The van der Waals surface area contributed by atoms with E-state index in [0.717, 1.165) is 18.8 Å². The van der Waals surface area contributed by atoms with E-state index in [-0.39, 0.29) is 0 Å². The first-order valence-corrected chi connectivity index (χ1v) is 10.5. The van der Waals surface area contributed by atoms with E-state index < -0.39 is 0 Å². The van der Waals surface area contributed by atoms with Gasteiger partial charge < -0.3 is 16.0 Å². The van der Waals surface area contributed by atoms with Gasteiger partial charge in [0.25, 0.3) is 0 Å². The van der Waals surface area contributed by atoms with Gasteiger partial charge in [0.15, 0.2) is 11.6 Å². The number of rotatable bonds is 9. The Labute approximate surface area is 183 Å². The third kappa shape index (κ3) is 5.60. The molecular weight excluding hydrogens is 382 g/mol. The topological polar surface area (TPSA) is 67.1 Å². The number of nitrogens with zero attached hydrogens (tertiary/aromatic N) is 3. The van der Waals surface area contributed by atoms with Gasteiger partial charge in [-0.2, -0.15) is 0 Å². The van der Waals surface area contributed by atoms with Gasteiger partial charge in [0.1, 0.15) is 12.0 Å². The van der Waals surface area contributed by atoms with Crippen molar-refractivity contribution in [2.24, 2.45) is 0 Å². The maximum atomic E-state index is 6.54. The minimum absolute atomic E-state index is 0.572. The number of nitrogens with one attached hydrogen (secondary N) is 1. The lowest BCUT2D eigenvalue weighted by molar-refractivity contribution is 0.782. The summed E-state index contributed by atoms with van der Waals surface area (Å²) in [5, 5.41) is 3.38. The van der Waals surface area contributed by atoms with Gasteiger partial charge in [0.05, 0.1) is 0 Å². The third-order valence-electron chi connectivity index (χ3n) is 5.14. The predicted octanol–water partition coefficient (Wildman–Crippen LogP) is 4.92. The van der Waals surface area contributed by atoms with Crippen LogP contribution in [0.5, 0.6) is 0 Å². The zero-order chi connectivity index (χ0) is 21.3. The number of hydrogen-bond acceptors (Lipinski definition) is 5. The molecule has 0 saturated carbocycles. The molecule has 1 aromatic heterocycles. The van der Waals surface area contributed by atoms with Gasteiger partial charge in [-0.1, -0.05) is 91.0 Å². The fraction of sp³-hybridized carbons (Fsp3) is 0.154. The van der Waals surface area contributed by atoms with E-state index in [9.17, 15) is 0 Å². The molecule has 3 aromatic carbocycles. The summed E-state index contributed by atoms with van der Waals surface area (Å²) in [7, 11) is 0. The number of anilines is 3. The van der Waals surface area contributed by atoms with E-state index in [1.54, 1.807) is 6.33 Å². The number of nitrogen functional groups attached to an aromatic ring is 1. The van der Waals surface area contributed by atoms with Crippen LogP contribution in [-0.2, 0) is 19.5 Å². The van der Waals surface area contributed by atoms with Crippen molar-refractivity contribution in [3.63, 3.8) is 0 Å². The Morgan fingerprint density at radius 2 is 1.19 bits per heavy atom. The van der Waals surface area contributed by atoms with Gasteiger partial charge >= 0.3 is 0 Å². The average molecular weight is 410 g/mol. The minimum atomic E-state index is 0.572. The van der Waals surface area contributed by atoms with Gasteiger partial charge in [-0.05, 0) is 23.1 Å². The molecule has 0 aliphatic carbocycles. The van der Waals surface area contributed by atoms with E-state index in [1.807, 2.05) is 18.2 Å². The number of aromatic nitrogens is 2. The van der Waals surface area contributed by atoms with Crippen molar-refractivity contribution >= 4 is 17.3 Å². The number of hydrogen-bond donors (Lipinski definition) is 2. The lowest BCUT2D eigenvalue weighted by Gasteiger charge is -2.26. The van der Waals surface area contributed by atoms with E-state index >= 15 is 0 Å². The highest BCUT2D eigenvalue weighted by Crippen LogP contribution is 2.28. The smallest absolute Gasteiger partial charge is 0.158 e. The van der Waals surface area contributed by atoms with E-state index in [2.05, 4.69) is 93.0 Å². The number of nitrogens with two attached hydrogens (primary N) is 1. The van der Waals surface area contributed by atoms with E-state index in [0.29, 0.717) is 24.6 Å². The van der Waals surface area contributed by atoms with Crippen LogP contribution in [0.15, 0.2) is 97.3 Å². The highest BCUT2D eigenvalue weighted by atomic mass is 15.2. The quantitative estimate of drug-likeness (QED) is 0.411. The van der Waals surface area contributed by atoms with Crippen LogP contribution in [0.4, 0.5) is 17.3 Å². The molecule has 0 aliphatic rings. The highest BCUT2D eigenvalue weighted by molar-refractivity contribution is 5.75. The largest absolute Gasteiger partial charge is 0.393 e. The van der Waals surface area contributed by atoms with Gasteiger partial charge in [0, 0.05) is 19.6 Å². The number of benzene rings is 3. The zero-order valence-corrected chi connectivity index (χ0v) is 17.5. The van der Waals surface area contributed by atoms with Crippen molar-refractivity contribution in [3.05, 3.63) is 114 Å². The summed E-state index contributed by atoms with van der Waals surface area (Å²) in [6.07, 6.45) is 2.48.